The molecule has 0 N–H and O–H groups in total. The highest BCUT2D eigenvalue weighted by atomic mass is 19.4. The van der Waals surface area contributed by atoms with E-state index in [1.54, 1.807) is 0 Å². The number of hydrogen-bond acceptors (Lipinski definition) is 2. The van der Waals surface area contributed by atoms with Gasteiger partial charge in [-0.1, -0.05) is 0 Å². The number of halogens is 10. The van der Waals surface area contributed by atoms with Crippen molar-refractivity contribution in [1.82, 2.24) is 4.98 Å². The van der Waals surface area contributed by atoms with Crippen LogP contribution in [0.3, 0.4) is 0 Å². The second-order valence-electron chi connectivity index (χ2n) is 3.57. The van der Waals surface area contributed by atoms with Gasteiger partial charge in [-0.05, 0) is 0 Å². The van der Waals surface area contributed by atoms with Crippen molar-refractivity contribution in [3.05, 3.63) is 23.1 Å². The van der Waals surface area contributed by atoms with Crippen molar-refractivity contribution < 1.29 is 48.6 Å². The monoisotopic (exact) mass is 331 g/mol. The van der Waals surface area contributed by atoms with E-state index < -0.39 is 47.0 Å². The predicted molar refractivity (Wildman–Crippen MR) is 45.6 cm³/mol. The summed E-state index contributed by atoms with van der Waals surface area (Å²) in [5.41, 5.74) is -9.71. The third-order valence-corrected chi connectivity index (χ3v) is 2.33. The molecule has 21 heavy (non-hydrogen) atoms. The van der Waals surface area contributed by atoms with Crippen molar-refractivity contribution >= 4 is 0 Å². The summed E-state index contributed by atoms with van der Waals surface area (Å²) in [7, 11) is 0.494. The quantitative estimate of drug-likeness (QED) is 0.608. The van der Waals surface area contributed by atoms with Gasteiger partial charge in [0.1, 0.15) is 0 Å². The lowest BCUT2D eigenvalue weighted by atomic mass is 9.94. The summed E-state index contributed by atoms with van der Waals surface area (Å²) < 4.78 is 131. The van der Waals surface area contributed by atoms with Crippen LogP contribution in [0.2, 0.25) is 0 Å². The molecule has 0 atom stereocenters. The van der Waals surface area contributed by atoms with Crippen LogP contribution in [-0.4, -0.2) is 24.4 Å². The highest BCUT2D eigenvalue weighted by Gasteiger charge is 2.75. The van der Waals surface area contributed by atoms with Crippen molar-refractivity contribution in [2.45, 2.75) is 18.0 Å². The van der Waals surface area contributed by atoms with E-state index in [0.29, 0.717) is 7.11 Å². The van der Waals surface area contributed by atoms with E-state index in [9.17, 15) is 43.9 Å². The number of ether oxygens (including phenoxy) is 1. The number of pyridine rings is 1. The fourth-order valence-corrected chi connectivity index (χ4v) is 1.38. The maximum atomic E-state index is 13.6. The molecule has 0 aliphatic carbocycles. The second-order valence-corrected chi connectivity index (χ2v) is 3.57. The largest absolute Gasteiger partial charge is 0.479 e. The van der Waals surface area contributed by atoms with Crippen LogP contribution in [-0.2, 0) is 5.67 Å². The van der Waals surface area contributed by atoms with E-state index in [-0.39, 0.29) is 0 Å². The van der Waals surface area contributed by atoms with Gasteiger partial charge in [-0.3, -0.25) is 0 Å². The summed E-state index contributed by atoms with van der Waals surface area (Å²) in [6.07, 6.45) is -13.6. The van der Waals surface area contributed by atoms with Crippen LogP contribution < -0.4 is 4.74 Å². The summed E-state index contributed by atoms with van der Waals surface area (Å²) in [5, 5.41) is 0. The van der Waals surface area contributed by atoms with Gasteiger partial charge in [0.25, 0.3) is 11.8 Å². The highest BCUT2D eigenvalue weighted by Crippen LogP contribution is 2.55. The minimum Gasteiger partial charge on any atom is -0.479 e. The third-order valence-electron chi connectivity index (χ3n) is 2.33. The van der Waals surface area contributed by atoms with Crippen molar-refractivity contribution in [2.24, 2.45) is 0 Å². The number of aromatic nitrogens is 1. The summed E-state index contributed by atoms with van der Waals surface area (Å²) in [4.78, 5) is 2.29. The van der Waals surface area contributed by atoms with Gasteiger partial charge in [0.2, 0.25) is 0 Å². The first-order valence-corrected chi connectivity index (χ1v) is 4.70. The lowest BCUT2D eigenvalue weighted by Crippen LogP contribution is -2.51. The van der Waals surface area contributed by atoms with Gasteiger partial charge < -0.3 is 4.74 Å². The van der Waals surface area contributed by atoms with E-state index in [0.717, 1.165) is 0 Å². The third kappa shape index (κ3) is 2.46. The number of methoxy groups -OCH3 is 1. The van der Waals surface area contributed by atoms with Gasteiger partial charge >= 0.3 is 18.0 Å². The maximum Gasteiger partial charge on any atom is 0.436 e. The van der Waals surface area contributed by atoms with Gasteiger partial charge in [0.05, 0.1) is 12.7 Å². The fraction of sp³-hybridized carbons (Fsp3) is 0.444. The molecule has 2 nitrogen and oxygen atoms in total. The van der Waals surface area contributed by atoms with Crippen LogP contribution in [0.4, 0.5) is 43.9 Å². The van der Waals surface area contributed by atoms with Crippen molar-refractivity contribution in [2.75, 3.05) is 7.11 Å². The average Bonchev–Trinajstić information content (AvgIpc) is 2.30. The smallest absolute Gasteiger partial charge is 0.436 e. The van der Waals surface area contributed by atoms with Gasteiger partial charge in [0.15, 0.2) is 11.6 Å². The molecule has 0 aliphatic heterocycles. The molecule has 0 radical (unpaired) electrons. The van der Waals surface area contributed by atoms with E-state index in [4.69, 9.17) is 0 Å². The van der Waals surface area contributed by atoms with Gasteiger partial charge in [-0.2, -0.15) is 35.7 Å². The molecular weight excluding hydrogens is 328 g/mol. The Balaban J connectivity index is 3.89. The van der Waals surface area contributed by atoms with Crippen molar-refractivity contribution in [1.29, 1.82) is 0 Å². The van der Waals surface area contributed by atoms with Gasteiger partial charge in [-0.15, -0.1) is 0 Å². The molecule has 120 valence electrons. The molecule has 12 heteroatoms. The number of hydrogen-bond donors (Lipinski definition) is 0. The predicted octanol–water partition coefficient (Wildman–Crippen LogP) is 3.80. The molecule has 0 amide bonds. The molecule has 0 saturated carbocycles. The molecular formula is C9H3F10NO. The Bertz CT molecular complexity index is 535. The Morgan fingerprint density at radius 2 is 1.24 bits per heavy atom. The van der Waals surface area contributed by atoms with Crippen molar-refractivity contribution in [3.63, 3.8) is 0 Å². The van der Waals surface area contributed by atoms with Crippen LogP contribution in [0.15, 0.2) is 0 Å². The van der Waals surface area contributed by atoms with Crippen molar-refractivity contribution in [3.8, 4) is 5.88 Å². The van der Waals surface area contributed by atoms with Crippen LogP contribution in [0.25, 0.3) is 0 Å². The second kappa shape index (κ2) is 4.91. The van der Waals surface area contributed by atoms with Crippen LogP contribution in [0.5, 0.6) is 5.88 Å². The molecule has 0 bridgehead atoms. The zero-order chi connectivity index (χ0) is 16.8. The Labute approximate surface area is 109 Å². The fourth-order valence-electron chi connectivity index (χ4n) is 1.38. The zero-order valence-corrected chi connectivity index (χ0v) is 9.64. The van der Waals surface area contributed by atoms with Crippen LogP contribution >= 0.6 is 0 Å². The topological polar surface area (TPSA) is 22.1 Å². The maximum absolute atomic E-state index is 13.6. The Kier molecular flexibility index (Phi) is 4.05. The Morgan fingerprint density at radius 3 is 1.57 bits per heavy atom. The highest BCUT2D eigenvalue weighted by molar-refractivity contribution is 5.34. The molecule has 0 saturated heterocycles. The van der Waals surface area contributed by atoms with Gasteiger partial charge in [-0.25, -0.2) is 13.2 Å². The zero-order valence-electron chi connectivity index (χ0n) is 9.64. The summed E-state index contributed by atoms with van der Waals surface area (Å²) in [6.45, 7) is 0. The minimum absolute atomic E-state index is 0.494. The first-order chi connectivity index (χ1) is 9.29. The average molecular weight is 331 g/mol. The normalized spacial score (nSPS) is 13.5. The van der Waals surface area contributed by atoms with Crippen LogP contribution in [0.1, 0.15) is 5.56 Å². The molecule has 1 aromatic rings. The summed E-state index contributed by atoms with van der Waals surface area (Å²) in [5.74, 6) is -10.2. The Hall–Kier alpha value is -1.75. The lowest BCUT2D eigenvalue weighted by Gasteiger charge is -2.30. The van der Waals surface area contributed by atoms with Gasteiger partial charge in [0, 0.05) is 0 Å². The first kappa shape index (κ1) is 17.3. The number of rotatable bonds is 2. The van der Waals surface area contributed by atoms with Crippen LogP contribution in [0, 0.1) is 17.6 Å². The summed E-state index contributed by atoms with van der Waals surface area (Å²) >= 11 is 0. The standard InChI is InChI=1S/C9H3F10NO/c1-21-6-4(11)2(3(10)5(12)20-6)7(13,8(14,15)16)9(17,18)19/h1H3. The number of nitrogens with zero attached hydrogens (tertiary/aromatic N) is 1. The molecule has 0 aromatic carbocycles. The molecule has 1 aromatic heterocycles. The van der Waals surface area contributed by atoms with E-state index in [1.165, 1.54) is 0 Å². The van der Waals surface area contributed by atoms with E-state index >= 15 is 0 Å². The molecule has 0 unspecified atom stereocenters. The number of alkyl halides is 7. The van der Waals surface area contributed by atoms with E-state index in [1.807, 2.05) is 0 Å². The molecule has 0 aliphatic rings. The minimum atomic E-state index is -6.81. The molecule has 0 fully saturated rings. The molecule has 1 heterocycles. The SMILES string of the molecule is COc1nc(F)c(F)c(C(F)(C(F)(F)F)C(F)(F)F)c1F. The lowest BCUT2D eigenvalue weighted by molar-refractivity contribution is -0.350. The summed E-state index contributed by atoms with van der Waals surface area (Å²) in [6, 6.07) is 0. The van der Waals surface area contributed by atoms with E-state index in [2.05, 4.69) is 9.72 Å². The molecule has 1 rings (SSSR count). The Morgan fingerprint density at radius 1 is 0.810 bits per heavy atom. The first-order valence-electron chi connectivity index (χ1n) is 4.70. The molecule has 0 spiro atoms.